The van der Waals surface area contributed by atoms with Crippen LogP contribution < -0.4 is 10.9 Å². The van der Waals surface area contributed by atoms with Gasteiger partial charge in [-0.3, -0.25) is 18.6 Å². The molecule has 0 saturated heterocycles. The number of fused-ring (bicyclic) bond motifs is 3. The number of benzene rings is 2. The predicted molar refractivity (Wildman–Crippen MR) is 123 cm³/mol. The van der Waals surface area contributed by atoms with E-state index in [2.05, 4.69) is 15.5 Å². The van der Waals surface area contributed by atoms with Crippen molar-refractivity contribution in [3.8, 4) is 0 Å². The third kappa shape index (κ3) is 3.71. The first-order valence-electron chi connectivity index (χ1n) is 10.4. The minimum Gasteiger partial charge on any atom is -0.459 e. The quantitative estimate of drug-likeness (QED) is 0.403. The molecule has 2 aromatic carbocycles. The second-order valence-corrected chi connectivity index (χ2v) is 7.72. The van der Waals surface area contributed by atoms with Crippen LogP contribution in [0.15, 0.2) is 70.1 Å². The highest BCUT2D eigenvalue weighted by Crippen LogP contribution is 2.17. The molecule has 10 heteroatoms. The topological polar surface area (TPSA) is 121 Å². The van der Waals surface area contributed by atoms with E-state index in [4.69, 9.17) is 9.15 Å². The lowest BCUT2D eigenvalue weighted by atomic mass is 10.1. The fraction of sp³-hybridized carbons (Fsp3) is 0.125. The van der Waals surface area contributed by atoms with Gasteiger partial charge in [-0.15, -0.1) is 10.2 Å². The molecule has 5 aromatic rings. The first kappa shape index (κ1) is 21.1. The standard InChI is InChI=1S/C24H19N5O5/c1-14-5-10-18-17(12-14)22(31)28(2)24-27-26-20(29(18)24)13-34-23(32)15-6-8-16(9-7-15)25-21(30)19-4-3-11-33-19/h3-12H,13H2,1-2H3,(H,25,30). The van der Waals surface area contributed by atoms with Crippen LogP contribution in [-0.2, 0) is 18.4 Å². The van der Waals surface area contributed by atoms with Gasteiger partial charge in [-0.05, 0) is 55.5 Å². The Morgan fingerprint density at radius 1 is 1.09 bits per heavy atom. The molecule has 0 aliphatic heterocycles. The molecule has 1 amide bonds. The third-order valence-corrected chi connectivity index (χ3v) is 5.40. The molecule has 1 N–H and O–H groups in total. The van der Waals surface area contributed by atoms with Crippen molar-refractivity contribution in [1.82, 2.24) is 19.2 Å². The van der Waals surface area contributed by atoms with Gasteiger partial charge in [0.25, 0.3) is 11.5 Å². The summed E-state index contributed by atoms with van der Waals surface area (Å²) < 4.78 is 13.6. The Morgan fingerprint density at radius 3 is 2.62 bits per heavy atom. The lowest BCUT2D eigenvalue weighted by Gasteiger charge is -2.09. The monoisotopic (exact) mass is 457 g/mol. The third-order valence-electron chi connectivity index (χ3n) is 5.40. The maximum Gasteiger partial charge on any atom is 0.338 e. The van der Waals surface area contributed by atoms with Gasteiger partial charge < -0.3 is 14.5 Å². The molecule has 0 fully saturated rings. The van der Waals surface area contributed by atoms with Crippen molar-refractivity contribution in [3.63, 3.8) is 0 Å². The Bertz CT molecular complexity index is 1600. The largest absolute Gasteiger partial charge is 0.459 e. The summed E-state index contributed by atoms with van der Waals surface area (Å²) in [6, 6.07) is 15.0. The van der Waals surface area contributed by atoms with Crippen molar-refractivity contribution in [2.75, 3.05) is 5.32 Å². The smallest absolute Gasteiger partial charge is 0.338 e. The summed E-state index contributed by atoms with van der Waals surface area (Å²) in [6.45, 7) is 1.77. The molecule has 0 aliphatic rings. The molecule has 0 radical (unpaired) electrons. The van der Waals surface area contributed by atoms with Crippen LogP contribution in [0.25, 0.3) is 16.7 Å². The van der Waals surface area contributed by atoms with Gasteiger partial charge in [0.05, 0.1) is 22.7 Å². The Hall–Kier alpha value is -4.73. The molecule has 170 valence electrons. The summed E-state index contributed by atoms with van der Waals surface area (Å²) in [5, 5.41) is 11.4. The van der Waals surface area contributed by atoms with E-state index in [0.717, 1.165) is 5.56 Å². The summed E-state index contributed by atoms with van der Waals surface area (Å²) >= 11 is 0. The number of nitrogens with one attached hydrogen (secondary N) is 1. The van der Waals surface area contributed by atoms with Crippen LogP contribution in [0, 0.1) is 6.92 Å². The molecule has 0 spiro atoms. The summed E-state index contributed by atoms with van der Waals surface area (Å²) in [4.78, 5) is 37.3. The highest BCUT2D eigenvalue weighted by atomic mass is 16.5. The molecular weight excluding hydrogens is 438 g/mol. The number of hydrogen-bond acceptors (Lipinski definition) is 7. The zero-order valence-corrected chi connectivity index (χ0v) is 18.3. The normalized spacial score (nSPS) is 11.1. The van der Waals surface area contributed by atoms with E-state index in [-0.39, 0.29) is 17.9 Å². The molecular formula is C24H19N5O5. The summed E-state index contributed by atoms with van der Waals surface area (Å²) in [7, 11) is 1.62. The van der Waals surface area contributed by atoms with E-state index in [1.165, 1.54) is 10.8 Å². The molecule has 10 nitrogen and oxygen atoms in total. The van der Waals surface area contributed by atoms with Crippen LogP contribution in [0.3, 0.4) is 0 Å². The van der Waals surface area contributed by atoms with Gasteiger partial charge in [0, 0.05) is 12.7 Å². The summed E-state index contributed by atoms with van der Waals surface area (Å²) in [6.07, 6.45) is 1.41. The van der Waals surface area contributed by atoms with Gasteiger partial charge >= 0.3 is 5.97 Å². The van der Waals surface area contributed by atoms with E-state index in [1.807, 2.05) is 19.1 Å². The highest BCUT2D eigenvalue weighted by molar-refractivity contribution is 6.02. The van der Waals surface area contributed by atoms with Gasteiger partial charge in [0.15, 0.2) is 18.2 Å². The van der Waals surface area contributed by atoms with Crippen LogP contribution in [0.5, 0.6) is 0 Å². The van der Waals surface area contributed by atoms with Crippen molar-refractivity contribution in [2.24, 2.45) is 7.05 Å². The molecule has 0 bridgehead atoms. The first-order valence-corrected chi connectivity index (χ1v) is 10.4. The summed E-state index contributed by atoms with van der Waals surface area (Å²) in [5.41, 5.74) is 2.22. The minimum absolute atomic E-state index is 0.141. The van der Waals surface area contributed by atoms with Crippen molar-refractivity contribution < 1.29 is 18.7 Å². The number of esters is 1. The second kappa shape index (κ2) is 8.32. The molecule has 0 saturated carbocycles. The number of carbonyl (C=O) groups is 2. The van der Waals surface area contributed by atoms with E-state index in [1.54, 1.807) is 53.9 Å². The summed E-state index contributed by atoms with van der Waals surface area (Å²) in [5.74, 6) is -0.0372. The molecule has 0 aliphatic carbocycles. The van der Waals surface area contributed by atoms with Gasteiger partial charge in [-0.25, -0.2) is 4.79 Å². The number of furan rings is 1. The molecule has 0 atom stereocenters. The number of anilines is 1. The molecule has 5 rings (SSSR count). The second-order valence-electron chi connectivity index (χ2n) is 7.72. The van der Waals surface area contributed by atoms with Crippen molar-refractivity contribution in [1.29, 1.82) is 0 Å². The first-order chi connectivity index (χ1) is 16.4. The van der Waals surface area contributed by atoms with Crippen LogP contribution in [0.2, 0.25) is 0 Å². The molecule has 0 unspecified atom stereocenters. The van der Waals surface area contributed by atoms with E-state index >= 15 is 0 Å². The number of rotatable bonds is 5. The number of aryl methyl sites for hydroxylation is 2. The molecule has 34 heavy (non-hydrogen) atoms. The number of hydrogen-bond donors (Lipinski definition) is 1. The maximum absolute atomic E-state index is 12.7. The van der Waals surface area contributed by atoms with E-state index < -0.39 is 11.9 Å². The van der Waals surface area contributed by atoms with Crippen molar-refractivity contribution in [3.05, 3.63) is 93.9 Å². The van der Waals surface area contributed by atoms with Crippen LogP contribution in [0.1, 0.15) is 32.3 Å². The van der Waals surface area contributed by atoms with E-state index in [0.29, 0.717) is 33.8 Å². The van der Waals surface area contributed by atoms with Gasteiger partial charge in [-0.2, -0.15) is 0 Å². The lowest BCUT2D eigenvalue weighted by molar-refractivity contribution is 0.0461. The predicted octanol–water partition coefficient (Wildman–Crippen LogP) is 3.09. The van der Waals surface area contributed by atoms with Gasteiger partial charge in [0.2, 0.25) is 5.78 Å². The Labute approximate surface area is 192 Å². The van der Waals surface area contributed by atoms with Crippen molar-refractivity contribution >= 4 is 34.2 Å². The number of nitrogens with zero attached hydrogens (tertiary/aromatic N) is 4. The fourth-order valence-electron chi connectivity index (χ4n) is 3.66. The lowest BCUT2D eigenvalue weighted by Crippen LogP contribution is -2.20. The Morgan fingerprint density at radius 2 is 1.88 bits per heavy atom. The number of aromatic nitrogens is 4. The molecule has 3 aromatic heterocycles. The van der Waals surface area contributed by atoms with Gasteiger partial charge in [-0.1, -0.05) is 11.6 Å². The SMILES string of the molecule is Cc1ccc2c(c1)c(=O)n(C)c1nnc(COC(=O)c3ccc(NC(=O)c4ccco4)cc3)n21. The number of amides is 1. The highest BCUT2D eigenvalue weighted by Gasteiger charge is 2.17. The zero-order chi connectivity index (χ0) is 23.8. The van der Waals surface area contributed by atoms with Crippen LogP contribution in [0.4, 0.5) is 5.69 Å². The van der Waals surface area contributed by atoms with Crippen LogP contribution >= 0.6 is 0 Å². The number of ether oxygens (including phenoxy) is 1. The Balaban J connectivity index is 1.35. The maximum atomic E-state index is 12.7. The Kier molecular flexibility index (Phi) is 5.17. The van der Waals surface area contributed by atoms with Crippen LogP contribution in [-0.4, -0.2) is 31.0 Å². The average Bonchev–Trinajstić information content (AvgIpc) is 3.52. The average molecular weight is 457 g/mol. The van der Waals surface area contributed by atoms with Crippen molar-refractivity contribution in [2.45, 2.75) is 13.5 Å². The minimum atomic E-state index is -0.564. The van der Waals surface area contributed by atoms with E-state index in [9.17, 15) is 14.4 Å². The zero-order valence-electron chi connectivity index (χ0n) is 18.3. The number of carbonyl (C=O) groups excluding carboxylic acids is 2. The fourth-order valence-corrected chi connectivity index (χ4v) is 3.66. The molecule has 3 heterocycles. The van der Waals surface area contributed by atoms with Gasteiger partial charge in [0.1, 0.15) is 0 Å².